The van der Waals surface area contributed by atoms with E-state index >= 15 is 0 Å². The fourth-order valence-corrected chi connectivity index (χ4v) is 2.87. The van der Waals surface area contributed by atoms with Gasteiger partial charge in [0.2, 0.25) is 0 Å². The first-order chi connectivity index (χ1) is 11.6. The largest absolute Gasteiger partial charge is 0.493 e. The van der Waals surface area contributed by atoms with Crippen LogP contribution >= 0.6 is 0 Å². The molecule has 0 saturated heterocycles. The normalized spacial score (nSPS) is 15.8. The van der Waals surface area contributed by atoms with E-state index in [9.17, 15) is 0 Å². The van der Waals surface area contributed by atoms with Gasteiger partial charge in [-0.3, -0.25) is 0 Å². The number of hydrogen-bond donors (Lipinski definition) is 2. The zero-order chi connectivity index (χ0) is 17.4. The highest BCUT2D eigenvalue weighted by atomic mass is 16.5. The summed E-state index contributed by atoms with van der Waals surface area (Å²) >= 11 is 0. The first kappa shape index (κ1) is 18.4. The Morgan fingerprint density at radius 2 is 2.08 bits per heavy atom. The van der Waals surface area contributed by atoms with E-state index < -0.39 is 0 Å². The second-order valence-corrected chi connectivity index (χ2v) is 6.78. The molecule has 1 fully saturated rings. The van der Waals surface area contributed by atoms with Crippen molar-refractivity contribution in [1.29, 1.82) is 0 Å². The second kappa shape index (κ2) is 9.40. The monoisotopic (exact) mass is 333 g/mol. The number of nitrogens with two attached hydrogens (primary N) is 1. The highest BCUT2D eigenvalue weighted by molar-refractivity contribution is 5.77. The molecule has 3 N–H and O–H groups in total. The Bertz CT molecular complexity index is 537. The number of para-hydroxylation sites is 1. The number of guanidine groups is 1. The Morgan fingerprint density at radius 3 is 2.75 bits per heavy atom. The molecule has 5 nitrogen and oxygen atoms in total. The van der Waals surface area contributed by atoms with E-state index in [2.05, 4.69) is 24.2 Å². The van der Waals surface area contributed by atoms with Crippen molar-refractivity contribution in [3.05, 3.63) is 23.8 Å². The predicted molar refractivity (Wildman–Crippen MR) is 98.7 cm³/mol. The number of aliphatic imine (C=N–C) groups is 1. The van der Waals surface area contributed by atoms with Gasteiger partial charge < -0.3 is 20.5 Å². The van der Waals surface area contributed by atoms with E-state index in [-0.39, 0.29) is 6.10 Å². The summed E-state index contributed by atoms with van der Waals surface area (Å²) in [4.78, 5) is 4.45. The number of nitrogens with zero attached hydrogens (tertiary/aromatic N) is 1. The van der Waals surface area contributed by atoms with E-state index in [1.807, 2.05) is 18.2 Å². The first-order valence-corrected chi connectivity index (χ1v) is 8.96. The van der Waals surface area contributed by atoms with Crippen LogP contribution in [0.2, 0.25) is 0 Å². The van der Waals surface area contributed by atoms with Crippen LogP contribution < -0.4 is 20.5 Å². The molecule has 0 amide bonds. The maximum atomic E-state index is 6.22. The molecule has 0 aromatic heterocycles. The van der Waals surface area contributed by atoms with Gasteiger partial charge in [0.1, 0.15) is 0 Å². The number of hydrogen-bond acceptors (Lipinski definition) is 3. The topological polar surface area (TPSA) is 68.9 Å². The van der Waals surface area contributed by atoms with Crippen LogP contribution in [0, 0.1) is 5.92 Å². The summed E-state index contributed by atoms with van der Waals surface area (Å²) in [7, 11) is 1.67. The Kier molecular flexibility index (Phi) is 7.22. The quantitative estimate of drug-likeness (QED) is 0.564. The lowest BCUT2D eigenvalue weighted by Gasteiger charge is -2.18. The van der Waals surface area contributed by atoms with E-state index in [1.54, 1.807) is 7.11 Å². The Labute approximate surface area is 145 Å². The molecular weight excluding hydrogens is 302 g/mol. The van der Waals surface area contributed by atoms with Gasteiger partial charge in [-0.1, -0.05) is 26.0 Å². The number of methoxy groups -OCH3 is 1. The van der Waals surface area contributed by atoms with Gasteiger partial charge in [-0.05, 0) is 44.1 Å². The smallest absolute Gasteiger partial charge is 0.188 e. The molecule has 0 unspecified atom stereocenters. The fourth-order valence-electron chi connectivity index (χ4n) is 2.87. The van der Waals surface area contributed by atoms with Gasteiger partial charge >= 0.3 is 0 Å². The van der Waals surface area contributed by atoms with Crippen molar-refractivity contribution >= 4 is 5.96 Å². The molecule has 0 spiro atoms. The van der Waals surface area contributed by atoms with Crippen LogP contribution in [0.25, 0.3) is 0 Å². The average Bonchev–Trinajstić information content (AvgIpc) is 3.06. The van der Waals surface area contributed by atoms with Crippen molar-refractivity contribution in [2.75, 3.05) is 13.7 Å². The zero-order valence-corrected chi connectivity index (χ0v) is 15.2. The third kappa shape index (κ3) is 5.62. The van der Waals surface area contributed by atoms with Gasteiger partial charge in [0.25, 0.3) is 0 Å². The van der Waals surface area contributed by atoms with Crippen LogP contribution in [0.4, 0.5) is 0 Å². The predicted octanol–water partition coefficient (Wildman–Crippen LogP) is 3.47. The first-order valence-electron chi connectivity index (χ1n) is 8.96. The summed E-state index contributed by atoms with van der Waals surface area (Å²) in [6.07, 6.45) is 6.05. The molecule has 5 heteroatoms. The molecule has 0 bridgehead atoms. The van der Waals surface area contributed by atoms with Gasteiger partial charge in [0, 0.05) is 12.1 Å². The summed E-state index contributed by atoms with van der Waals surface area (Å²) in [6, 6.07) is 5.92. The molecule has 0 radical (unpaired) electrons. The van der Waals surface area contributed by atoms with Gasteiger partial charge in [0.15, 0.2) is 17.5 Å². The van der Waals surface area contributed by atoms with Crippen molar-refractivity contribution in [2.24, 2.45) is 16.6 Å². The Morgan fingerprint density at radius 1 is 1.33 bits per heavy atom. The summed E-state index contributed by atoms with van der Waals surface area (Å²) < 4.78 is 11.7. The number of nitrogens with one attached hydrogen (secondary N) is 1. The SMILES string of the molecule is COc1cccc(CN=C(N)NCCC(C)C)c1OC1CCCC1. The third-order valence-corrected chi connectivity index (χ3v) is 4.31. The van der Waals surface area contributed by atoms with Crippen LogP contribution in [0.5, 0.6) is 11.5 Å². The van der Waals surface area contributed by atoms with Crippen LogP contribution in [0.15, 0.2) is 23.2 Å². The number of benzene rings is 1. The van der Waals surface area contributed by atoms with E-state index in [4.69, 9.17) is 15.2 Å². The molecule has 2 rings (SSSR count). The zero-order valence-electron chi connectivity index (χ0n) is 15.2. The second-order valence-electron chi connectivity index (χ2n) is 6.78. The lowest BCUT2D eigenvalue weighted by Crippen LogP contribution is -2.32. The van der Waals surface area contributed by atoms with Crippen LogP contribution in [0.3, 0.4) is 0 Å². The summed E-state index contributed by atoms with van der Waals surface area (Å²) in [5.74, 6) is 2.70. The third-order valence-electron chi connectivity index (χ3n) is 4.31. The molecule has 0 aliphatic heterocycles. The van der Waals surface area contributed by atoms with Crippen LogP contribution in [-0.2, 0) is 6.54 Å². The maximum absolute atomic E-state index is 6.22. The molecule has 24 heavy (non-hydrogen) atoms. The number of rotatable bonds is 8. The molecule has 134 valence electrons. The molecule has 1 aliphatic rings. The van der Waals surface area contributed by atoms with Crippen LogP contribution in [-0.4, -0.2) is 25.7 Å². The Balaban J connectivity index is 2.02. The minimum absolute atomic E-state index is 0.283. The Hall–Kier alpha value is -1.91. The highest BCUT2D eigenvalue weighted by Gasteiger charge is 2.20. The molecule has 1 aromatic rings. The molecular formula is C19H31N3O2. The van der Waals surface area contributed by atoms with Gasteiger partial charge in [-0.25, -0.2) is 4.99 Å². The van der Waals surface area contributed by atoms with Crippen molar-refractivity contribution in [3.63, 3.8) is 0 Å². The molecule has 0 atom stereocenters. The van der Waals surface area contributed by atoms with Crippen molar-refractivity contribution in [1.82, 2.24) is 5.32 Å². The highest BCUT2D eigenvalue weighted by Crippen LogP contribution is 2.35. The lowest BCUT2D eigenvalue weighted by molar-refractivity contribution is 0.198. The minimum atomic E-state index is 0.283. The van der Waals surface area contributed by atoms with E-state index in [0.717, 1.165) is 42.9 Å². The van der Waals surface area contributed by atoms with Gasteiger partial charge in [0.05, 0.1) is 19.8 Å². The lowest BCUT2D eigenvalue weighted by atomic mass is 10.1. The number of ether oxygens (including phenoxy) is 2. The molecule has 1 aliphatic carbocycles. The maximum Gasteiger partial charge on any atom is 0.188 e. The van der Waals surface area contributed by atoms with E-state index in [0.29, 0.717) is 18.4 Å². The average molecular weight is 333 g/mol. The van der Waals surface area contributed by atoms with Gasteiger partial charge in [-0.2, -0.15) is 0 Å². The fraction of sp³-hybridized carbons (Fsp3) is 0.632. The minimum Gasteiger partial charge on any atom is -0.493 e. The summed E-state index contributed by atoms with van der Waals surface area (Å²) in [5.41, 5.74) is 6.97. The van der Waals surface area contributed by atoms with Crippen molar-refractivity contribution in [3.8, 4) is 11.5 Å². The van der Waals surface area contributed by atoms with Crippen LogP contribution in [0.1, 0.15) is 51.5 Å². The summed E-state index contributed by atoms with van der Waals surface area (Å²) in [5, 5.41) is 3.16. The standard InChI is InChI=1S/C19H31N3O2/c1-14(2)11-12-21-19(20)22-13-15-7-6-10-17(23-3)18(15)24-16-8-4-5-9-16/h6-7,10,14,16H,4-5,8-9,11-13H2,1-3H3,(H3,20,21,22). The molecule has 1 saturated carbocycles. The molecule has 0 heterocycles. The van der Waals surface area contributed by atoms with E-state index in [1.165, 1.54) is 12.8 Å². The van der Waals surface area contributed by atoms with Crippen molar-refractivity contribution in [2.45, 2.75) is 58.6 Å². The molecule has 1 aromatic carbocycles. The van der Waals surface area contributed by atoms with Crippen molar-refractivity contribution < 1.29 is 9.47 Å². The summed E-state index contributed by atoms with van der Waals surface area (Å²) in [6.45, 7) is 5.71. The van der Waals surface area contributed by atoms with Gasteiger partial charge in [-0.15, -0.1) is 0 Å².